The summed E-state index contributed by atoms with van der Waals surface area (Å²) in [5, 5.41) is 8.62. The van der Waals surface area contributed by atoms with Gasteiger partial charge in [-0.25, -0.2) is 9.59 Å². The van der Waals surface area contributed by atoms with Gasteiger partial charge in [-0.15, -0.1) is 0 Å². The second-order valence-corrected chi connectivity index (χ2v) is 10.0. The highest BCUT2D eigenvalue weighted by atomic mass is 16.6. The lowest BCUT2D eigenvalue weighted by Gasteiger charge is -2.24. The molecule has 1 atom stereocenters. The SMILES string of the molecule is CC(C)(C)OC(=O)[C@H](CCC(=O)NCCOCCN=[N+]=[N-])NC(=O)OCC1c2ccccc2-c2ccccc21. The van der Waals surface area contributed by atoms with Gasteiger partial charge >= 0.3 is 12.1 Å². The number of azide groups is 1. The van der Waals surface area contributed by atoms with Crippen molar-refractivity contribution in [3.05, 3.63) is 70.1 Å². The van der Waals surface area contributed by atoms with Gasteiger partial charge in [0.2, 0.25) is 5.91 Å². The molecule has 11 heteroatoms. The highest BCUT2D eigenvalue weighted by molar-refractivity contribution is 5.83. The molecule has 0 unspecified atom stereocenters. The van der Waals surface area contributed by atoms with Gasteiger partial charge < -0.3 is 24.8 Å². The molecular weight excluding hydrogens is 502 g/mol. The topological polar surface area (TPSA) is 152 Å². The Hall–Kier alpha value is -4.08. The van der Waals surface area contributed by atoms with Crippen molar-refractivity contribution in [2.24, 2.45) is 5.11 Å². The first-order chi connectivity index (χ1) is 18.7. The van der Waals surface area contributed by atoms with Crippen LogP contribution < -0.4 is 10.6 Å². The third kappa shape index (κ3) is 9.01. The molecule has 0 fully saturated rings. The normalized spacial score (nSPS) is 12.9. The van der Waals surface area contributed by atoms with E-state index in [1.165, 1.54) is 0 Å². The minimum atomic E-state index is -1.06. The molecule has 2 amide bonds. The highest BCUT2D eigenvalue weighted by Crippen LogP contribution is 2.44. The third-order valence-corrected chi connectivity index (χ3v) is 5.95. The maximum Gasteiger partial charge on any atom is 0.407 e. The molecular formula is C28H35N5O6. The zero-order valence-electron chi connectivity index (χ0n) is 22.5. The summed E-state index contributed by atoms with van der Waals surface area (Å²) in [5.74, 6) is -1.08. The molecule has 0 saturated carbocycles. The molecule has 2 N–H and O–H groups in total. The van der Waals surface area contributed by atoms with Crippen LogP contribution in [0.15, 0.2) is 53.6 Å². The number of rotatable bonds is 13. The molecule has 0 saturated heterocycles. The first-order valence-corrected chi connectivity index (χ1v) is 12.9. The number of hydrogen-bond donors (Lipinski definition) is 2. The van der Waals surface area contributed by atoms with E-state index >= 15 is 0 Å². The second kappa shape index (κ2) is 14.2. The van der Waals surface area contributed by atoms with E-state index in [1.54, 1.807) is 20.8 Å². The summed E-state index contributed by atoms with van der Waals surface area (Å²) in [5.41, 5.74) is 11.8. The predicted octanol–water partition coefficient (Wildman–Crippen LogP) is 4.46. The number of esters is 1. The van der Waals surface area contributed by atoms with E-state index in [1.807, 2.05) is 48.5 Å². The van der Waals surface area contributed by atoms with Gasteiger partial charge in [0.1, 0.15) is 18.2 Å². The highest BCUT2D eigenvalue weighted by Gasteiger charge is 2.31. The quantitative estimate of drug-likeness (QED) is 0.127. The minimum Gasteiger partial charge on any atom is -0.458 e. The Morgan fingerprint density at radius 3 is 2.28 bits per heavy atom. The molecule has 1 aliphatic rings. The summed E-state index contributed by atoms with van der Waals surface area (Å²) in [6, 6.07) is 14.9. The average Bonchev–Trinajstić information content (AvgIpc) is 3.22. The van der Waals surface area contributed by atoms with Gasteiger partial charge in [0, 0.05) is 30.3 Å². The van der Waals surface area contributed by atoms with Gasteiger partial charge in [-0.1, -0.05) is 53.6 Å². The van der Waals surface area contributed by atoms with Crippen molar-refractivity contribution in [2.75, 3.05) is 32.9 Å². The average molecular weight is 538 g/mol. The lowest BCUT2D eigenvalue weighted by molar-refractivity contribution is -0.157. The van der Waals surface area contributed by atoms with Crippen LogP contribution in [0.4, 0.5) is 4.79 Å². The minimum absolute atomic E-state index is 0.0215. The van der Waals surface area contributed by atoms with Crippen LogP contribution in [0, 0.1) is 0 Å². The van der Waals surface area contributed by atoms with E-state index in [0.29, 0.717) is 0 Å². The lowest BCUT2D eigenvalue weighted by atomic mass is 9.98. The fraction of sp³-hybridized carbons (Fsp3) is 0.464. The van der Waals surface area contributed by atoms with Crippen molar-refractivity contribution in [1.29, 1.82) is 0 Å². The van der Waals surface area contributed by atoms with Gasteiger partial charge in [-0.2, -0.15) is 0 Å². The molecule has 2 aromatic rings. The zero-order chi connectivity index (χ0) is 28.3. The third-order valence-electron chi connectivity index (χ3n) is 5.95. The van der Waals surface area contributed by atoms with E-state index in [4.69, 9.17) is 19.7 Å². The number of nitrogens with one attached hydrogen (secondary N) is 2. The van der Waals surface area contributed by atoms with Crippen LogP contribution in [0.25, 0.3) is 21.6 Å². The summed E-state index contributed by atoms with van der Waals surface area (Å²) in [6.45, 7) is 6.25. The Bertz CT molecular complexity index is 1160. The number of alkyl carbamates (subject to hydrolysis) is 1. The Morgan fingerprint density at radius 2 is 1.67 bits per heavy atom. The molecule has 0 aromatic heterocycles. The molecule has 0 spiro atoms. The number of fused-ring (bicyclic) bond motifs is 3. The number of nitrogens with zero attached hydrogens (tertiary/aromatic N) is 3. The van der Waals surface area contributed by atoms with Crippen LogP contribution in [0.5, 0.6) is 0 Å². The monoisotopic (exact) mass is 537 g/mol. The summed E-state index contributed by atoms with van der Waals surface area (Å²) < 4.78 is 16.3. The summed E-state index contributed by atoms with van der Waals surface area (Å²) >= 11 is 0. The Morgan fingerprint density at radius 1 is 1.03 bits per heavy atom. The van der Waals surface area contributed by atoms with Gasteiger partial charge in [0.25, 0.3) is 0 Å². The summed E-state index contributed by atoms with van der Waals surface area (Å²) in [7, 11) is 0. The molecule has 0 aliphatic heterocycles. The van der Waals surface area contributed by atoms with Crippen LogP contribution in [-0.2, 0) is 23.8 Å². The molecule has 11 nitrogen and oxygen atoms in total. The van der Waals surface area contributed by atoms with E-state index in [9.17, 15) is 14.4 Å². The number of ether oxygens (including phenoxy) is 3. The van der Waals surface area contributed by atoms with Crippen molar-refractivity contribution < 1.29 is 28.6 Å². The van der Waals surface area contributed by atoms with Crippen molar-refractivity contribution in [1.82, 2.24) is 10.6 Å². The van der Waals surface area contributed by atoms with E-state index in [2.05, 4.69) is 20.7 Å². The summed E-state index contributed by atoms with van der Waals surface area (Å²) in [4.78, 5) is 40.5. The van der Waals surface area contributed by atoms with Gasteiger partial charge in [-0.3, -0.25) is 4.79 Å². The van der Waals surface area contributed by atoms with E-state index in [-0.39, 0.29) is 57.6 Å². The standard InChI is InChI=1S/C28H35N5O6/c1-28(2,3)39-26(35)24(12-13-25(34)30-14-16-37-17-15-31-33-29)32-27(36)38-18-23-21-10-6-4-8-19(21)20-9-5-7-11-22(20)23/h4-11,23-24H,12-18H2,1-3H3,(H,30,34)(H,32,36)/t24-/m0/s1. The van der Waals surface area contributed by atoms with Crippen LogP contribution in [-0.4, -0.2) is 62.5 Å². The number of hydrogen-bond acceptors (Lipinski definition) is 7. The van der Waals surface area contributed by atoms with Crippen molar-refractivity contribution in [3.63, 3.8) is 0 Å². The van der Waals surface area contributed by atoms with Crippen LogP contribution in [0.1, 0.15) is 50.7 Å². The Kier molecular flexibility index (Phi) is 10.7. The van der Waals surface area contributed by atoms with Crippen LogP contribution in [0.2, 0.25) is 0 Å². The largest absolute Gasteiger partial charge is 0.458 e. The zero-order valence-corrected chi connectivity index (χ0v) is 22.5. The van der Waals surface area contributed by atoms with E-state index in [0.717, 1.165) is 22.3 Å². The van der Waals surface area contributed by atoms with Gasteiger partial charge in [-0.05, 0) is 55.0 Å². The number of benzene rings is 2. The van der Waals surface area contributed by atoms with Gasteiger partial charge in [0.05, 0.1) is 13.2 Å². The Labute approximate surface area is 227 Å². The maximum atomic E-state index is 12.8. The molecule has 39 heavy (non-hydrogen) atoms. The molecule has 3 rings (SSSR count). The first-order valence-electron chi connectivity index (χ1n) is 12.9. The first kappa shape index (κ1) is 29.5. The van der Waals surface area contributed by atoms with Crippen LogP contribution in [0.3, 0.4) is 0 Å². The molecule has 0 bridgehead atoms. The molecule has 2 aromatic carbocycles. The summed E-state index contributed by atoms with van der Waals surface area (Å²) in [6.07, 6.45) is -0.754. The fourth-order valence-electron chi connectivity index (χ4n) is 4.28. The molecule has 0 heterocycles. The van der Waals surface area contributed by atoms with Crippen molar-refractivity contribution >= 4 is 18.0 Å². The second-order valence-electron chi connectivity index (χ2n) is 10.0. The molecule has 208 valence electrons. The van der Waals surface area contributed by atoms with Crippen molar-refractivity contribution in [2.45, 2.75) is 51.2 Å². The predicted molar refractivity (Wildman–Crippen MR) is 145 cm³/mol. The number of carbonyl (C=O) groups excluding carboxylic acids is 3. The maximum absolute atomic E-state index is 12.8. The van der Waals surface area contributed by atoms with Crippen LogP contribution >= 0.6 is 0 Å². The Balaban J connectivity index is 1.54. The van der Waals surface area contributed by atoms with Crippen molar-refractivity contribution in [3.8, 4) is 11.1 Å². The lowest BCUT2D eigenvalue weighted by Crippen LogP contribution is -2.45. The fourth-order valence-corrected chi connectivity index (χ4v) is 4.28. The smallest absolute Gasteiger partial charge is 0.407 e. The number of carbonyl (C=O) groups is 3. The molecule has 0 radical (unpaired) electrons. The van der Waals surface area contributed by atoms with Gasteiger partial charge in [0.15, 0.2) is 0 Å². The van der Waals surface area contributed by atoms with E-state index < -0.39 is 23.7 Å². The number of amides is 2. The molecule has 1 aliphatic carbocycles.